The lowest BCUT2D eigenvalue weighted by Crippen LogP contribution is -2.33. The molecule has 0 aromatic carbocycles. The molecule has 1 rings (SSSR count). The number of pyridine rings is 1. The van der Waals surface area contributed by atoms with E-state index in [0.717, 1.165) is 12.0 Å². The van der Waals surface area contributed by atoms with Crippen LogP contribution in [0.5, 0.6) is 0 Å². The van der Waals surface area contributed by atoms with Gasteiger partial charge in [-0.2, -0.15) is 8.78 Å². The van der Waals surface area contributed by atoms with Gasteiger partial charge in [0.05, 0.1) is 13.0 Å². The number of hydrogen-bond donors (Lipinski definition) is 0. The molecule has 0 saturated heterocycles. The van der Waals surface area contributed by atoms with Crippen molar-refractivity contribution in [3.05, 3.63) is 29.6 Å². The smallest absolute Gasteiger partial charge is 0.377 e. The molecule has 0 saturated carbocycles. The van der Waals surface area contributed by atoms with E-state index in [-0.39, 0.29) is 12.3 Å². The van der Waals surface area contributed by atoms with Crippen LogP contribution < -0.4 is 0 Å². The maximum Gasteiger partial charge on any atom is 0.377 e. The van der Waals surface area contributed by atoms with Gasteiger partial charge >= 0.3 is 11.9 Å². The summed E-state index contributed by atoms with van der Waals surface area (Å²) in [5.74, 6) is -5.02. The summed E-state index contributed by atoms with van der Waals surface area (Å²) in [6, 6.07) is 3.23. The first kappa shape index (κ1) is 13.5. The van der Waals surface area contributed by atoms with E-state index in [2.05, 4.69) is 9.72 Å². The van der Waals surface area contributed by atoms with E-state index in [1.807, 2.05) is 6.92 Å². The highest BCUT2D eigenvalue weighted by molar-refractivity contribution is 5.77. The molecule has 5 heteroatoms. The first-order chi connectivity index (χ1) is 7.99. The van der Waals surface area contributed by atoms with Crippen LogP contribution in [0.3, 0.4) is 0 Å². The number of carbonyl (C=O) groups excluding carboxylic acids is 1. The maximum absolute atomic E-state index is 13.4. The highest BCUT2D eigenvalue weighted by Gasteiger charge is 2.40. The van der Waals surface area contributed by atoms with Gasteiger partial charge in [0.2, 0.25) is 0 Å². The molecule has 0 amide bonds. The van der Waals surface area contributed by atoms with Gasteiger partial charge < -0.3 is 4.74 Å². The van der Waals surface area contributed by atoms with Crippen molar-refractivity contribution in [3.8, 4) is 0 Å². The summed E-state index contributed by atoms with van der Waals surface area (Å²) in [6.45, 7) is 3.38. The van der Waals surface area contributed by atoms with Gasteiger partial charge in [-0.25, -0.2) is 4.79 Å². The standard InChI is InChI=1S/C12H15F2NO2/c1-3-9-5-6-10(15-8-9)7-12(13,14)11(16)17-4-2/h5-6,8H,3-4,7H2,1-2H3. The molecule has 0 bridgehead atoms. The Bertz CT molecular complexity index is 377. The lowest BCUT2D eigenvalue weighted by molar-refractivity contribution is -0.171. The normalized spacial score (nSPS) is 11.3. The second-order valence-electron chi connectivity index (χ2n) is 3.61. The number of nitrogens with zero attached hydrogens (tertiary/aromatic N) is 1. The Morgan fingerprint density at radius 2 is 2.12 bits per heavy atom. The number of carbonyl (C=O) groups is 1. The number of esters is 1. The zero-order valence-electron chi connectivity index (χ0n) is 9.87. The van der Waals surface area contributed by atoms with Gasteiger partial charge in [0.1, 0.15) is 0 Å². The first-order valence-corrected chi connectivity index (χ1v) is 5.48. The molecule has 94 valence electrons. The molecular formula is C12H15F2NO2. The number of aromatic nitrogens is 1. The molecule has 0 atom stereocenters. The zero-order chi connectivity index (χ0) is 12.9. The van der Waals surface area contributed by atoms with E-state index in [4.69, 9.17) is 0 Å². The molecular weight excluding hydrogens is 228 g/mol. The van der Waals surface area contributed by atoms with Crippen LogP contribution in [0.15, 0.2) is 18.3 Å². The Hall–Kier alpha value is -1.52. The van der Waals surface area contributed by atoms with Crippen LogP contribution in [0.1, 0.15) is 25.1 Å². The van der Waals surface area contributed by atoms with Crippen molar-refractivity contribution in [3.63, 3.8) is 0 Å². The molecule has 3 nitrogen and oxygen atoms in total. The van der Waals surface area contributed by atoms with Crippen molar-refractivity contribution in [2.24, 2.45) is 0 Å². The molecule has 0 aliphatic heterocycles. The lowest BCUT2D eigenvalue weighted by atomic mass is 10.1. The van der Waals surface area contributed by atoms with E-state index in [1.165, 1.54) is 19.2 Å². The average molecular weight is 243 g/mol. The van der Waals surface area contributed by atoms with Crippen molar-refractivity contribution >= 4 is 5.97 Å². The SMILES string of the molecule is CCOC(=O)C(F)(F)Cc1ccc(CC)cn1. The minimum absolute atomic E-state index is 0.0589. The molecule has 0 unspecified atom stereocenters. The number of halogens is 2. The van der Waals surface area contributed by atoms with E-state index in [1.54, 1.807) is 6.07 Å². The minimum Gasteiger partial charge on any atom is -0.462 e. The summed E-state index contributed by atoms with van der Waals surface area (Å²) in [7, 11) is 0. The molecule has 1 heterocycles. The molecule has 0 fully saturated rings. The number of aryl methyl sites for hydroxylation is 1. The summed E-state index contributed by atoms with van der Waals surface area (Å²) in [4.78, 5) is 14.9. The van der Waals surface area contributed by atoms with Gasteiger partial charge in [-0.15, -0.1) is 0 Å². The molecule has 17 heavy (non-hydrogen) atoms. The predicted molar refractivity (Wildman–Crippen MR) is 58.9 cm³/mol. The van der Waals surface area contributed by atoms with Crippen molar-refractivity contribution in [1.82, 2.24) is 4.98 Å². The van der Waals surface area contributed by atoms with Gasteiger partial charge in [0.25, 0.3) is 0 Å². The quantitative estimate of drug-likeness (QED) is 0.745. The van der Waals surface area contributed by atoms with Gasteiger partial charge in [0.15, 0.2) is 0 Å². The zero-order valence-corrected chi connectivity index (χ0v) is 9.87. The van der Waals surface area contributed by atoms with Gasteiger partial charge in [-0.3, -0.25) is 4.98 Å². The van der Waals surface area contributed by atoms with Crippen LogP contribution in [0, 0.1) is 0 Å². The summed E-state index contributed by atoms with van der Waals surface area (Å²) >= 11 is 0. The third-order valence-electron chi connectivity index (χ3n) is 2.27. The molecule has 0 N–H and O–H groups in total. The second kappa shape index (κ2) is 5.70. The average Bonchev–Trinajstić information content (AvgIpc) is 2.30. The second-order valence-corrected chi connectivity index (χ2v) is 3.61. The number of hydrogen-bond acceptors (Lipinski definition) is 3. The van der Waals surface area contributed by atoms with Crippen molar-refractivity contribution in [2.75, 3.05) is 6.61 Å². The molecule has 1 aromatic heterocycles. The van der Waals surface area contributed by atoms with Crippen LogP contribution in [-0.2, 0) is 22.4 Å². The summed E-state index contributed by atoms with van der Waals surface area (Å²) in [5, 5.41) is 0. The summed E-state index contributed by atoms with van der Waals surface area (Å²) in [5.41, 5.74) is 1.15. The Morgan fingerprint density at radius 1 is 1.41 bits per heavy atom. The lowest BCUT2D eigenvalue weighted by Gasteiger charge is -2.14. The van der Waals surface area contributed by atoms with Crippen LogP contribution in [0.4, 0.5) is 8.78 Å². The van der Waals surface area contributed by atoms with Gasteiger partial charge in [-0.1, -0.05) is 13.0 Å². The molecule has 0 aliphatic carbocycles. The summed E-state index contributed by atoms with van der Waals surface area (Å²) in [6.07, 6.45) is 1.61. The van der Waals surface area contributed by atoms with Crippen LogP contribution in [0.2, 0.25) is 0 Å². The number of ether oxygens (including phenoxy) is 1. The number of rotatable bonds is 5. The minimum atomic E-state index is -3.52. The highest BCUT2D eigenvalue weighted by Crippen LogP contribution is 2.21. The van der Waals surface area contributed by atoms with E-state index < -0.39 is 18.3 Å². The third-order valence-corrected chi connectivity index (χ3v) is 2.27. The Labute approximate surface area is 98.8 Å². The molecule has 0 spiro atoms. The van der Waals surface area contributed by atoms with Crippen molar-refractivity contribution in [2.45, 2.75) is 32.6 Å². The van der Waals surface area contributed by atoms with Gasteiger partial charge in [-0.05, 0) is 25.0 Å². The molecule has 0 aliphatic rings. The third kappa shape index (κ3) is 3.76. The Kier molecular flexibility index (Phi) is 4.54. The molecule has 0 radical (unpaired) electrons. The maximum atomic E-state index is 13.4. The number of alkyl halides is 2. The first-order valence-electron chi connectivity index (χ1n) is 5.48. The monoisotopic (exact) mass is 243 g/mol. The van der Waals surface area contributed by atoms with E-state index in [9.17, 15) is 13.6 Å². The largest absolute Gasteiger partial charge is 0.462 e. The highest BCUT2D eigenvalue weighted by atomic mass is 19.3. The van der Waals surface area contributed by atoms with Crippen LogP contribution >= 0.6 is 0 Å². The van der Waals surface area contributed by atoms with E-state index >= 15 is 0 Å². The fourth-order valence-electron chi connectivity index (χ4n) is 1.31. The summed E-state index contributed by atoms with van der Waals surface area (Å²) < 4.78 is 31.0. The topological polar surface area (TPSA) is 39.2 Å². The van der Waals surface area contributed by atoms with E-state index in [0.29, 0.717) is 0 Å². The fourth-order valence-corrected chi connectivity index (χ4v) is 1.31. The fraction of sp³-hybridized carbons (Fsp3) is 0.500. The Balaban J connectivity index is 2.71. The van der Waals surface area contributed by atoms with Crippen LogP contribution in [0.25, 0.3) is 0 Å². The van der Waals surface area contributed by atoms with Crippen molar-refractivity contribution < 1.29 is 18.3 Å². The van der Waals surface area contributed by atoms with Crippen molar-refractivity contribution in [1.29, 1.82) is 0 Å². The predicted octanol–water partition coefficient (Wildman–Crippen LogP) is 2.38. The van der Waals surface area contributed by atoms with Crippen LogP contribution in [-0.4, -0.2) is 23.5 Å². The van der Waals surface area contributed by atoms with Gasteiger partial charge in [0, 0.05) is 11.9 Å². The molecule has 1 aromatic rings. The Morgan fingerprint density at radius 3 is 2.59 bits per heavy atom.